The summed E-state index contributed by atoms with van der Waals surface area (Å²) in [5, 5.41) is 3.24. The van der Waals surface area contributed by atoms with Crippen LogP contribution in [0.4, 0.5) is 5.69 Å². The minimum absolute atomic E-state index is 0.0497. The number of hydrogen-bond acceptors (Lipinski definition) is 4. The third kappa shape index (κ3) is 2.20. The molecular formula is C17H21N3OS. The van der Waals surface area contributed by atoms with E-state index in [2.05, 4.69) is 42.0 Å². The minimum atomic E-state index is -0.268. The lowest BCUT2D eigenvalue weighted by Gasteiger charge is -2.47. The number of hydrogen-bond donors (Lipinski definition) is 1. The van der Waals surface area contributed by atoms with Gasteiger partial charge in [-0.05, 0) is 43.5 Å². The highest BCUT2D eigenvalue weighted by atomic mass is 32.1. The van der Waals surface area contributed by atoms with Gasteiger partial charge >= 0.3 is 0 Å². The molecule has 0 saturated heterocycles. The molecule has 3 heterocycles. The Morgan fingerprint density at radius 3 is 2.50 bits per heavy atom. The Balaban J connectivity index is 2.11. The van der Waals surface area contributed by atoms with Crippen LogP contribution in [0.2, 0.25) is 0 Å². The Bertz CT molecular complexity index is 676. The number of carbonyl (C=O) groups excluding carboxylic acids is 1. The number of carbonyl (C=O) groups is 1. The van der Waals surface area contributed by atoms with E-state index in [-0.39, 0.29) is 11.6 Å². The van der Waals surface area contributed by atoms with Gasteiger partial charge in [0.15, 0.2) is 0 Å². The Hall–Kier alpha value is -1.88. The molecule has 4 nitrogen and oxygen atoms in total. The maximum atomic E-state index is 12.6. The molecule has 1 N–H and O–H groups in total. The van der Waals surface area contributed by atoms with Crippen LogP contribution in [-0.4, -0.2) is 23.1 Å². The molecule has 0 unspecified atom stereocenters. The van der Waals surface area contributed by atoms with Gasteiger partial charge in [-0.3, -0.25) is 9.78 Å². The molecule has 2 aromatic rings. The molecule has 0 saturated carbocycles. The first kappa shape index (κ1) is 15.0. The number of thiophene rings is 1. The molecule has 116 valence electrons. The summed E-state index contributed by atoms with van der Waals surface area (Å²) in [4.78, 5) is 20.9. The summed E-state index contributed by atoms with van der Waals surface area (Å²) in [6, 6.07) is 6.12. The van der Waals surface area contributed by atoms with Crippen molar-refractivity contribution in [1.29, 1.82) is 0 Å². The Kier molecular flexibility index (Phi) is 3.91. The minimum Gasteiger partial charge on any atom is -0.348 e. The zero-order valence-electron chi connectivity index (χ0n) is 13.2. The van der Waals surface area contributed by atoms with Crippen LogP contribution in [0.5, 0.6) is 0 Å². The molecule has 3 rings (SSSR count). The number of aromatic nitrogens is 1. The lowest BCUT2D eigenvalue weighted by atomic mass is 9.97. The summed E-state index contributed by atoms with van der Waals surface area (Å²) in [7, 11) is 0. The van der Waals surface area contributed by atoms with Gasteiger partial charge in [0.25, 0.3) is 5.91 Å². The second kappa shape index (κ2) is 5.72. The smallest absolute Gasteiger partial charge is 0.265 e. The van der Waals surface area contributed by atoms with E-state index in [1.165, 1.54) is 0 Å². The van der Waals surface area contributed by atoms with Gasteiger partial charge in [-0.25, -0.2) is 0 Å². The fourth-order valence-corrected chi connectivity index (χ4v) is 4.31. The topological polar surface area (TPSA) is 45.2 Å². The molecule has 2 aromatic heterocycles. The van der Waals surface area contributed by atoms with Crippen LogP contribution in [-0.2, 0) is 0 Å². The van der Waals surface area contributed by atoms with Crippen molar-refractivity contribution in [2.24, 2.45) is 0 Å². The zero-order valence-corrected chi connectivity index (χ0v) is 14.0. The van der Waals surface area contributed by atoms with E-state index in [1.807, 2.05) is 12.1 Å². The fourth-order valence-electron chi connectivity index (χ4n) is 3.25. The van der Waals surface area contributed by atoms with Gasteiger partial charge in [-0.2, -0.15) is 0 Å². The summed E-state index contributed by atoms with van der Waals surface area (Å²) >= 11 is 1.56. The highest BCUT2D eigenvalue weighted by molar-refractivity contribution is 7.18. The lowest BCUT2D eigenvalue weighted by Crippen LogP contribution is -2.63. The maximum Gasteiger partial charge on any atom is 0.265 e. The molecular weight excluding hydrogens is 294 g/mol. The van der Waals surface area contributed by atoms with E-state index in [0.29, 0.717) is 0 Å². The van der Waals surface area contributed by atoms with Crippen LogP contribution in [0.15, 0.2) is 30.6 Å². The molecule has 22 heavy (non-hydrogen) atoms. The average molecular weight is 315 g/mol. The first-order valence-electron chi connectivity index (χ1n) is 7.79. The van der Waals surface area contributed by atoms with E-state index in [9.17, 15) is 4.79 Å². The molecule has 0 bridgehead atoms. The normalized spacial score (nSPS) is 16.3. The van der Waals surface area contributed by atoms with E-state index in [1.54, 1.807) is 23.7 Å². The summed E-state index contributed by atoms with van der Waals surface area (Å²) in [6.45, 7) is 7.29. The second-order valence-electron chi connectivity index (χ2n) is 5.50. The second-order valence-corrected chi connectivity index (χ2v) is 6.55. The lowest BCUT2D eigenvalue weighted by molar-refractivity contribution is 0.0877. The van der Waals surface area contributed by atoms with Crippen molar-refractivity contribution in [2.45, 2.75) is 39.3 Å². The van der Waals surface area contributed by atoms with E-state index in [4.69, 9.17) is 0 Å². The van der Waals surface area contributed by atoms with Crippen molar-refractivity contribution in [3.8, 4) is 10.4 Å². The van der Waals surface area contributed by atoms with Crippen LogP contribution in [0, 0.1) is 0 Å². The molecule has 1 aliphatic heterocycles. The van der Waals surface area contributed by atoms with Crippen LogP contribution in [0.3, 0.4) is 0 Å². The van der Waals surface area contributed by atoms with Crippen molar-refractivity contribution in [2.75, 3.05) is 11.4 Å². The molecule has 0 aromatic carbocycles. The van der Waals surface area contributed by atoms with Gasteiger partial charge < -0.3 is 10.2 Å². The summed E-state index contributed by atoms with van der Waals surface area (Å²) in [5.74, 6) is 0.0497. The van der Waals surface area contributed by atoms with E-state index >= 15 is 0 Å². The molecule has 5 heteroatoms. The number of pyridine rings is 1. The zero-order chi connectivity index (χ0) is 15.7. The van der Waals surface area contributed by atoms with Gasteiger partial charge in [0.1, 0.15) is 10.5 Å². The molecule has 0 aliphatic carbocycles. The molecule has 0 fully saturated rings. The van der Waals surface area contributed by atoms with E-state index < -0.39 is 0 Å². The number of fused-ring (bicyclic) bond motifs is 1. The van der Waals surface area contributed by atoms with E-state index in [0.717, 1.165) is 40.4 Å². The molecule has 1 amide bonds. The highest BCUT2D eigenvalue weighted by Crippen LogP contribution is 2.42. The van der Waals surface area contributed by atoms with Crippen molar-refractivity contribution in [3.63, 3.8) is 0 Å². The Labute approximate surface area is 135 Å². The van der Waals surface area contributed by atoms with Gasteiger partial charge in [0, 0.05) is 23.8 Å². The van der Waals surface area contributed by atoms with Crippen molar-refractivity contribution < 1.29 is 4.79 Å². The standard InChI is InChI=1S/C17H21N3OS/c1-4-17(5-2)19-16(21)15-13(20(17)6-3)11-14(22-15)12-7-9-18-10-8-12/h7-11H,4-6H2,1-3H3,(H,19,21). The van der Waals surface area contributed by atoms with Crippen LogP contribution in [0.25, 0.3) is 10.4 Å². The van der Waals surface area contributed by atoms with Crippen LogP contribution in [0.1, 0.15) is 43.3 Å². The number of nitrogens with zero attached hydrogens (tertiary/aromatic N) is 2. The number of rotatable bonds is 4. The monoisotopic (exact) mass is 315 g/mol. The summed E-state index contributed by atoms with van der Waals surface area (Å²) in [6.07, 6.45) is 5.36. The van der Waals surface area contributed by atoms with Crippen molar-refractivity contribution in [1.82, 2.24) is 10.3 Å². The molecule has 0 spiro atoms. The van der Waals surface area contributed by atoms with Crippen LogP contribution < -0.4 is 10.2 Å². The van der Waals surface area contributed by atoms with Crippen LogP contribution >= 0.6 is 11.3 Å². The molecule has 0 radical (unpaired) electrons. The van der Waals surface area contributed by atoms with Gasteiger partial charge in [0.2, 0.25) is 0 Å². The largest absolute Gasteiger partial charge is 0.348 e. The predicted molar refractivity (Wildman–Crippen MR) is 91.3 cm³/mol. The first-order chi connectivity index (χ1) is 10.6. The third-order valence-electron chi connectivity index (χ3n) is 4.52. The van der Waals surface area contributed by atoms with Gasteiger partial charge in [-0.1, -0.05) is 13.8 Å². The fraction of sp³-hybridized carbons (Fsp3) is 0.412. The number of nitrogens with one attached hydrogen (secondary N) is 1. The molecule has 1 aliphatic rings. The highest BCUT2D eigenvalue weighted by Gasteiger charge is 2.41. The first-order valence-corrected chi connectivity index (χ1v) is 8.61. The quantitative estimate of drug-likeness (QED) is 0.931. The third-order valence-corrected chi connectivity index (χ3v) is 5.70. The average Bonchev–Trinajstić information content (AvgIpc) is 3.01. The van der Waals surface area contributed by atoms with Gasteiger partial charge in [-0.15, -0.1) is 11.3 Å². The molecule has 0 atom stereocenters. The predicted octanol–water partition coefficient (Wildman–Crippen LogP) is 3.90. The summed E-state index contributed by atoms with van der Waals surface area (Å²) in [5.41, 5.74) is 1.90. The maximum absolute atomic E-state index is 12.6. The van der Waals surface area contributed by atoms with Gasteiger partial charge in [0.05, 0.1) is 5.69 Å². The number of anilines is 1. The Morgan fingerprint density at radius 2 is 1.91 bits per heavy atom. The summed E-state index contributed by atoms with van der Waals surface area (Å²) < 4.78 is 0. The van der Waals surface area contributed by atoms with Crippen molar-refractivity contribution >= 4 is 22.9 Å². The SMILES string of the molecule is CCN1c2cc(-c3ccncc3)sc2C(=O)NC1(CC)CC. The Morgan fingerprint density at radius 1 is 1.23 bits per heavy atom. The number of amides is 1. The van der Waals surface area contributed by atoms with Crippen molar-refractivity contribution in [3.05, 3.63) is 35.5 Å².